The van der Waals surface area contributed by atoms with Crippen molar-refractivity contribution < 1.29 is 9.69 Å². The Balaban J connectivity index is 1.54. The van der Waals surface area contributed by atoms with Gasteiger partial charge in [0.15, 0.2) is 0 Å². The highest BCUT2D eigenvalue weighted by Crippen LogP contribution is 2.08. The van der Waals surface area contributed by atoms with Gasteiger partial charge in [-0.05, 0) is 12.1 Å². The minimum atomic E-state index is -0.145. The van der Waals surface area contributed by atoms with Gasteiger partial charge in [-0.3, -0.25) is 9.78 Å². The maximum atomic E-state index is 12.2. The molecule has 114 valence electrons. The Bertz CT molecular complexity index is 647. The van der Waals surface area contributed by atoms with Crippen LogP contribution in [0.25, 0.3) is 0 Å². The summed E-state index contributed by atoms with van der Waals surface area (Å²) in [7, 11) is 0. The smallest absolute Gasteiger partial charge is 0.270 e. The Labute approximate surface area is 135 Å². The second-order valence-corrected chi connectivity index (χ2v) is 6.12. The van der Waals surface area contributed by atoms with Crippen molar-refractivity contribution in [2.45, 2.75) is 19.0 Å². The Hall–Kier alpha value is -1.91. The number of carbonyl (C=O) groups is 1. The minimum Gasteiger partial charge on any atom is -0.342 e. The van der Waals surface area contributed by atoms with E-state index in [4.69, 9.17) is 11.6 Å². The molecule has 1 saturated heterocycles. The van der Waals surface area contributed by atoms with Gasteiger partial charge >= 0.3 is 0 Å². The molecule has 22 heavy (non-hydrogen) atoms. The third-order valence-corrected chi connectivity index (χ3v) is 4.20. The van der Waals surface area contributed by atoms with Gasteiger partial charge in [0.25, 0.3) is 5.91 Å². The summed E-state index contributed by atoms with van der Waals surface area (Å²) < 4.78 is 0. The third kappa shape index (κ3) is 3.84. The summed E-state index contributed by atoms with van der Waals surface area (Å²) >= 11 is 5.89. The number of benzene rings is 1. The van der Waals surface area contributed by atoms with Crippen LogP contribution in [-0.4, -0.2) is 30.0 Å². The number of quaternary nitrogens is 1. The van der Waals surface area contributed by atoms with Crippen LogP contribution < -0.4 is 10.2 Å². The molecular formula is C17H19ClN3O+. The Kier molecular flexibility index (Phi) is 4.71. The Morgan fingerprint density at radius 1 is 1.32 bits per heavy atom. The van der Waals surface area contributed by atoms with E-state index in [2.05, 4.69) is 34.6 Å². The highest BCUT2D eigenvalue weighted by Gasteiger charge is 2.27. The highest BCUT2D eigenvalue weighted by molar-refractivity contribution is 6.30. The van der Waals surface area contributed by atoms with E-state index in [1.54, 1.807) is 18.3 Å². The average molecular weight is 317 g/mol. The second-order valence-electron chi connectivity index (χ2n) is 5.68. The first-order valence-electron chi connectivity index (χ1n) is 7.50. The van der Waals surface area contributed by atoms with Gasteiger partial charge < -0.3 is 10.2 Å². The molecule has 2 N–H and O–H groups in total. The summed E-state index contributed by atoms with van der Waals surface area (Å²) in [4.78, 5) is 17.7. The van der Waals surface area contributed by atoms with Crippen molar-refractivity contribution in [2.75, 3.05) is 13.1 Å². The molecule has 1 amide bonds. The average Bonchev–Trinajstić information content (AvgIpc) is 2.95. The van der Waals surface area contributed by atoms with E-state index in [0.29, 0.717) is 10.7 Å². The molecule has 2 atom stereocenters. The number of rotatable bonds is 4. The van der Waals surface area contributed by atoms with E-state index in [0.717, 1.165) is 26.1 Å². The number of amides is 1. The van der Waals surface area contributed by atoms with Crippen molar-refractivity contribution in [3.8, 4) is 0 Å². The monoisotopic (exact) mass is 316 g/mol. The van der Waals surface area contributed by atoms with Crippen LogP contribution in [0.5, 0.6) is 0 Å². The molecule has 3 rings (SSSR count). The third-order valence-electron chi connectivity index (χ3n) is 3.97. The largest absolute Gasteiger partial charge is 0.342 e. The number of likely N-dealkylation sites (tertiary alicyclic amines) is 1. The molecule has 1 unspecified atom stereocenters. The number of halogens is 1. The zero-order valence-corrected chi connectivity index (χ0v) is 13.0. The molecule has 1 aliphatic heterocycles. The first-order valence-corrected chi connectivity index (χ1v) is 7.88. The van der Waals surface area contributed by atoms with Crippen LogP contribution in [0, 0.1) is 0 Å². The summed E-state index contributed by atoms with van der Waals surface area (Å²) in [6.45, 7) is 3.02. The van der Waals surface area contributed by atoms with Gasteiger partial charge in [-0.25, -0.2) is 0 Å². The number of hydrogen-bond acceptors (Lipinski definition) is 2. The molecule has 2 aromatic rings. The zero-order valence-electron chi connectivity index (χ0n) is 12.3. The van der Waals surface area contributed by atoms with Crippen LogP contribution in [0.1, 0.15) is 22.5 Å². The van der Waals surface area contributed by atoms with Crippen LogP contribution >= 0.6 is 11.6 Å². The molecule has 0 aliphatic carbocycles. The van der Waals surface area contributed by atoms with Crippen LogP contribution in [0.3, 0.4) is 0 Å². The van der Waals surface area contributed by atoms with Crippen molar-refractivity contribution in [3.05, 3.63) is 64.9 Å². The fraction of sp³-hybridized carbons (Fsp3) is 0.294. The predicted octanol–water partition coefficient (Wildman–Crippen LogP) is 1.32. The van der Waals surface area contributed by atoms with E-state index in [-0.39, 0.29) is 11.9 Å². The molecule has 1 aromatic carbocycles. The van der Waals surface area contributed by atoms with Crippen LogP contribution in [0.2, 0.25) is 5.02 Å². The number of hydrogen-bond donors (Lipinski definition) is 2. The van der Waals surface area contributed by atoms with E-state index in [9.17, 15) is 4.79 Å². The Morgan fingerprint density at radius 2 is 2.14 bits per heavy atom. The van der Waals surface area contributed by atoms with Crippen LogP contribution in [0.4, 0.5) is 0 Å². The predicted molar refractivity (Wildman–Crippen MR) is 86.0 cm³/mol. The maximum Gasteiger partial charge on any atom is 0.270 e. The van der Waals surface area contributed by atoms with E-state index in [1.807, 2.05) is 6.07 Å². The van der Waals surface area contributed by atoms with Crippen molar-refractivity contribution in [2.24, 2.45) is 0 Å². The standard InChI is InChI=1S/C17H18ClN3O/c18-14-6-8-19-16(10-14)17(22)20-15-7-9-21(12-15)11-13-4-2-1-3-5-13/h1-6,8,10,15H,7,9,11-12H2,(H,20,22)/p+1/t15-/m0/s1. The normalized spacial score (nSPS) is 20.8. The lowest BCUT2D eigenvalue weighted by Gasteiger charge is -2.14. The number of aromatic nitrogens is 1. The molecule has 4 nitrogen and oxygen atoms in total. The SMILES string of the molecule is O=C(N[C@H]1CC[NH+](Cc2ccccc2)C1)c1cc(Cl)ccn1. The molecule has 2 heterocycles. The van der Waals surface area contributed by atoms with Gasteiger partial charge in [0.1, 0.15) is 12.2 Å². The van der Waals surface area contributed by atoms with Crippen LogP contribution in [-0.2, 0) is 6.54 Å². The molecule has 0 radical (unpaired) electrons. The fourth-order valence-electron chi connectivity index (χ4n) is 2.89. The van der Waals surface area contributed by atoms with E-state index in [1.165, 1.54) is 10.5 Å². The summed E-state index contributed by atoms with van der Waals surface area (Å²) in [5.41, 5.74) is 1.71. The molecular weight excluding hydrogens is 298 g/mol. The molecule has 1 aliphatic rings. The highest BCUT2D eigenvalue weighted by atomic mass is 35.5. The fourth-order valence-corrected chi connectivity index (χ4v) is 3.05. The lowest BCUT2D eigenvalue weighted by Crippen LogP contribution is -3.09. The van der Waals surface area contributed by atoms with Gasteiger partial charge in [0.05, 0.1) is 19.1 Å². The lowest BCUT2D eigenvalue weighted by atomic mass is 10.2. The van der Waals surface area contributed by atoms with Gasteiger partial charge in [0.2, 0.25) is 0 Å². The quantitative estimate of drug-likeness (QED) is 0.894. The van der Waals surface area contributed by atoms with Crippen molar-refractivity contribution in [1.82, 2.24) is 10.3 Å². The minimum absolute atomic E-state index is 0.145. The van der Waals surface area contributed by atoms with Gasteiger partial charge in [0, 0.05) is 23.2 Å². The topological polar surface area (TPSA) is 46.4 Å². The molecule has 0 bridgehead atoms. The number of pyridine rings is 1. The van der Waals surface area contributed by atoms with Gasteiger partial charge in [-0.2, -0.15) is 0 Å². The Morgan fingerprint density at radius 3 is 2.91 bits per heavy atom. The second kappa shape index (κ2) is 6.90. The molecule has 0 spiro atoms. The molecule has 0 saturated carbocycles. The number of nitrogens with zero attached hydrogens (tertiary/aromatic N) is 1. The van der Waals surface area contributed by atoms with Crippen molar-refractivity contribution >= 4 is 17.5 Å². The summed E-state index contributed by atoms with van der Waals surface area (Å²) in [6, 6.07) is 13.9. The molecule has 1 aromatic heterocycles. The first kappa shape index (κ1) is 15.0. The van der Waals surface area contributed by atoms with Gasteiger partial charge in [-0.15, -0.1) is 0 Å². The van der Waals surface area contributed by atoms with Crippen LogP contribution in [0.15, 0.2) is 48.7 Å². The first-order chi connectivity index (χ1) is 10.7. The van der Waals surface area contributed by atoms with Crippen molar-refractivity contribution in [3.63, 3.8) is 0 Å². The van der Waals surface area contributed by atoms with E-state index >= 15 is 0 Å². The number of carbonyl (C=O) groups excluding carboxylic acids is 1. The summed E-state index contributed by atoms with van der Waals surface area (Å²) in [5.74, 6) is -0.145. The molecule has 1 fully saturated rings. The number of nitrogens with one attached hydrogen (secondary N) is 2. The lowest BCUT2D eigenvalue weighted by molar-refractivity contribution is -0.901. The molecule has 5 heteroatoms. The summed E-state index contributed by atoms with van der Waals surface area (Å²) in [6.07, 6.45) is 2.55. The zero-order chi connectivity index (χ0) is 15.4. The van der Waals surface area contributed by atoms with Crippen molar-refractivity contribution in [1.29, 1.82) is 0 Å². The maximum absolute atomic E-state index is 12.2. The van der Waals surface area contributed by atoms with Gasteiger partial charge in [-0.1, -0.05) is 41.9 Å². The van der Waals surface area contributed by atoms with E-state index < -0.39 is 0 Å². The summed E-state index contributed by atoms with van der Waals surface area (Å²) in [5, 5.41) is 3.59.